The van der Waals surface area contributed by atoms with Gasteiger partial charge in [-0.05, 0) is 31.2 Å². The molecule has 0 amide bonds. The Kier molecular flexibility index (Phi) is 4.80. The normalized spacial score (nSPS) is 25.1. The van der Waals surface area contributed by atoms with Gasteiger partial charge in [-0.25, -0.2) is 0 Å². The van der Waals surface area contributed by atoms with E-state index < -0.39 is 0 Å². The molecular formula is C12H21ClN4. The molecule has 2 rings (SSSR count). The van der Waals surface area contributed by atoms with Crippen LogP contribution in [0.25, 0.3) is 0 Å². The Labute approximate surface area is 108 Å². The van der Waals surface area contributed by atoms with E-state index in [1.165, 1.54) is 25.7 Å². The molecule has 1 fully saturated rings. The number of hydrogen-bond donors (Lipinski definition) is 1. The molecule has 1 N–H and O–H groups in total. The van der Waals surface area contributed by atoms with E-state index in [0.29, 0.717) is 5.92 Å². The fourth-order valence-corrected chi connectivity index (χ4v) is 3.02. The van der Waals surface area contributed by atoms with Crippen molar-refractivity contribution in [2.75, 3.05) is 12.4 Å². The van der Waals surface area contributed by atoms with Crippen molar-refractivity contribution < 1.29 is 0 Å². The molecule has 17 heavy (non-hydrogen) atoms. The number of alkyl halides is 1. The molecule has 1 heterocycles. The van der Waals surface area contributed by atoms with Gasteiger partial charge < -0.3 is 5.32 Å². The summed E-state index contributed by atoms with van der Waals surface area (Å²) < 4.78 is 1.74. The van der Waals surface area contributed by atoms with E-state index in [9.17, 15) is 0 Å². The lowest BCUT2D eigenvalue weighted by atomic mass is 9.80. The first-order valence-electron chi connectivity index (χ1n) is 6.41. The van der Waals surface area contributed by atoms with Gasteiger partial charge in [-0.2, -0.15) is 0 Å². The lowest BCUT2D eigenvalue weighted by molar-refractivity contribution is 0.250. The van der Waals surface area contributed by atoms with Gasteiger partial charge >= 0.3 is 0 Å². The smallest absolute Gasteiger partial charge is 0.0964 e. The first-order chi connectivity index (χ1) is 8.29. The monoisotopic (exact) mass is 256 g/mol. The Balaban J connectivity index is 1.73. The molecule has 1 aliphatic rings. The number of nitrogens with zero attached hydrogens (tertiary/aromatic N) is 3. The van der Waals surface area contributed by atoms with Crippen molar-refractivity contribution >= 4 is 11.6 Å². The second kappa shape index (κ2) is 6.36. The van der Waals surface area contributed by atoms with Crippen LogP contribution in [0.15, 0.2) is 6.20 Å². The van der Waals surface area contributed by atoms with Crippen LogP contribution in [-0.2, 0) is 13.6 Å². The third-order valence-electron chi connectivity index (χ3n) is 3.63. The van der Waals surface area contributed by atoms with E-state index in [0.717, 1.165) is 30.6 Å². The van der Waals surface area contributed by atoms with Crippen LogP contribution in [-0.4, -0.2) is 27.4 Å². The average molecular weight is 257 g/mol. The van der Waals surface area contributed by atoms with E-state index in [4.69, 9.17) is 11.6 Å². The zero-order chi connectivity index (χ0) is 12.1. The van der Waals surface area contributed by atoms with Gasteiger partial charge in [-0.1, -0.05) is 18.1 Å². The highest BCUT2D eigenvalue weighted by atomic mass is 35.5. The van der Waals surface area contributed by atoms with Gasteiger partial charge in [-0.15, -0.1) is 16.7 Å². The van der Waals surface area contributed by atoms with Gasteiger partial charge in [0.2, 0.25) is 0 Å². The van der Waals surface area contributed by atoms with Crippen molar-refractivity contribution in [2.24, 2.45) is 18.9 Å². The summed E-state index contributed by atoms with van der Waals surface area (Å²) in [6.45, 7) is 1.85. The predicted octanol–water partition coefficient (Wildman–Crippen LogP) is 1.95. The summed E-state index contributed by atoms with van der Waals surface area (Å²) in [7, 11) is 1.89. The van der Waals surface area contributed by atoms with Gasteiger partial charge in [-0.3, -0.25) is 4.68 Å². The number of hydrogen-bond acceptors (Lipinski definition) is 3. The fourth-order valence-electron chi connectivity index (χ4n) is 2.62. The van der Waals surface area contributed by atoms with Gasteiger partial charge in [0.25, 0.3) is 0 Å². The van der Waals surface area contributed by atoms with Crippen molar-refractivity contribution in [1.29, 1.82) is 0 Å². The number of aromatic nitrogens is 3. The van der Waals surface area contributed by atoms with Crippen LogP contribution in [0.3, 0.4) is 0 Å². The summed E-state index contributed by atoms with van der Waals surface area (Å²) in [5.41, 5.74) is 1.01. The minimum Gasteiger partial charge on any atom is -0.311 e. The summed E-state index contributed by atoms with van der Waals surface area (Å²) in [4.78, 5) is 0. The van der Waals surface area contributed by atoms with Crippen LogP contribution in [0.2, 0.25) is 0 Å². The summed E-state index contributed by atoms with van der Waals surface area (Å²) in [5.74, 6) is 2.23. The molecule has 0 aliphatic heterocycles. The van der Waals surface area contributed by atoms with E-state index in [-0.39, 0.29) is 0 Å². The topological polar surface area (TPSA) is 42.7 Å². The highest BCUT2D eigenvalue weighted by molar-refractivity contribution is 6.18. The highest BCUT2D eigenvalue weighted by Crippen LogP contribution is 2.30. The zero-order valence-electron chi connectivity index (χ0n) is 10.4. The predicted molar refractivity (Wildman–Crippen MR) is 68.9 cm³/mol. The van der Waals surface area contributed by atoms with Crippen LogP contribution in [0, 0.1) is 11.8 Å². The molecule has 1 aromatic heterocycles. The number of nitrogens with one attached hydrogen (secondary N) is 1. The number of rotatable bonds is 5. The van der Waals surface area contributed by atoms with E-state index in [2.05, 4.69) is 15.6 Å². The Morgan fingerprint density at radius 2 is 2.18 bits per heavy atom. The summed E-state index contributed by atoms with van der Waals surface area (Å²) in [6, 6.07) is 0. The molecule has 96 valence electrons. The molecule has 1 aromatic rings. The molecule has 0 aromatic carbocycles. The molecule has 5 heteroatoms. The number of halogens is 1. The molecule has 0 spiro atoms. The lowest BCUT2D eigenvalue weighted by Crippen LogP contribution is -2.31. The Bertz CT molecular complexity index is 339. The van der Waals surface area contributed by atoms with Crippen LogP contribution < -0.4 is 5.32 Å². The van der Waals surface area contributed by atoms with Crippen LogP contribution in [0.4, 0.5) is 0 Å². The van der Waals surface area contributed by atoms with Gasteiger partial charge in [0.05, 0.1) is 5.69 Å². The van der Waals surface area contributed by atoms with Gasteiger partial charge in [0.1, 0.15) is 0 Å². The minimum atomic E-state index is 0.694. The fraction of sp³-hybridized carbons (Fsp3) is 0.833. The molecule has 0 radical (unpaired) electrons. The average Bonchev–Trinajstić information content (AvgIpc) is 2.76. The third kappa shape index (κ3) is 3.68. The van der Waals surface area contributed by atoms with Crippen molar-refractivity contribution in [3.05, 3.63) is 11.9 Å². The number of aryl methyl sites for hydroxylation is 1. The first-order valence-corrected chi connectivity index (χ1v) is 6.95. The maximum Gasteiger partial charge on any atom is 0.0964 e. The molecule has 1 aliphatic carbocycles. The second-order valence-corrected chi connectivity index (χ2v) is 5.28. The second-order valence-electron chi connectivity index (χ2n) is 4.97. The van der Waals surface area contributed by atoms with Gasteiger partial charge in [0, 0.05) is 25.7 Å². The van der Waals surface area contributed by atoms with Crippen molar-refractivity contribution in [3.63, 3.8) is 0 Å². The molecule has 0 saturated heterocycles. The molecule has 4 nitrogen and oxygen atoms in total. The van der Waals surface area contributed by atoms with Gasteiger partial charge in [0.15, 0.2) is 0 Å². The summed E-state index contributed by atoms with van der Waals surface area (Å²) in [5, 5.41) is 11.5. The van der Waals surface area contributed by atoms with Crippen LogP contribution in [0.1, 0.15) is 31.4 Å². The molecule has 0 bridgehead atoms. The highest BCUT2D eigenvalue weighted by Gasteiger charge is 2.23. The maximum absolute atomic E-state index is 6.02. The van der Waals surface area contributed by atoms with E-state index in [1.54, 1.807) is 4.68 Å². The standard InChI is InChI=1S/C12H21ClN4/c1-17-9-12(15-16-17)8-14-7-11-5-3-2-4-10(11)6-13/h9-11,14H,2-8H2,1H3. The largest absolute Gasteiger partial charge is 0.311 e. The molecular weight excluding hydrogens is 236 g/mol. The molecule has 1 saturated carbocycles. The minimum absolute atomic E-state index is 0.694. The summed E-state index contributed by atoms with van der Waals surface area (Å²) >= 11 is 6.02. The SMILES string of the molecule is Cn1cc(CNCC2CCCCC2CCl)nn1. The van der Waals surface area contributed by atoms with E-state index in [1.807, 2.05) is 13.2 Å². The molecule has 2 unspecified atom stereocenters. The van der Waals surface area contributed by atoms with Crippen molar-refractivity contribution in [3.8, 4) is 0 Å². The summed E-state index contributed by atoms with van der Waals surface area (Å²) in [6.07, 6.45) is 7.25. The quantitative estimate of drug-likeness (QED) is 0.819. The maximum atomic E-state index is 6.02. The molecule has 2 atom stereocenters. The Hall–Kier alpha value is -0.610. The van der Waals surface area contributed by atoms with Crippen LogP contribution in [0.5, 0.6) is 0 Å². The van der Waals surface area contributed by atoms with E-state index >= 15 is 0 Å². The third-order valence-corrected chi connectivity index (χ3v) is 4.02. The first kappa shape index (κ1) is 12.8. The Morgan fingerprint density at radius 1 is 1.41 bits per heavy atom. The van der Waals surface area contributed by atoms with Crippen LogP contribution >= 0.6 is 11.6 Å². The van der Waals surface area contributed by atoms with Crippen molar-refractivity contribution in [1.82, 2.24) is 20.3 Å². The lowest BCUT2D eigenvalue weighted by Gasteiger charge is -2.30. The Morgan fingerprint density at radius 3 is 2.82 bits per heavy atom. The zero-order valence-corrected chi connectivity index (χ0v) is 11.2. The van der Waals surface area contributed by atoms with Crippen molar-refractivity contribution in [2.45, 2.75) is 32.2 Å².